The van der Waals surface area contributed by atoms with Gasteiger partial charge in [0.1, 0.15) is 0 Å². The van der Waals surface area contributed by atoms with Crippen LogP contribution in [0, 0.1) is 0 Å². The number of carbonyl (C=O) groups excluding carboxylic acids is 1. The molecule has 0 heterocycles. The SMILES string of the molecule is CCC[C@H](N)C(=O)Nc1ccc(Cl)cc1C(F)(F)F. The molecule has 1 aromatic carbocycles. The topological polar surface area (TPSA) is 55.1 Å². The summed E-state index contributed by atoms with van der Waals surface area (Å²) < 4.78 is 38.4. The van der Waals surface area contributed by atoms with E-state index in [9.17, 15) is 18.0 Å². The Morgan fingerprint density at radius 2 is 2.11 bits per heavy atom. The molecule has 1 atom stereocenters. The predicted octanol–water partition coefficient (Wildman–Crippen LogP) is 3.42. The quantitative estimate of drug-likeness (QED) is 0.894. The maximum atomic E-state index is 12.8. The number of anilines is 1. The molecular formula is C12H14ClF3N2O. The molecule has 0 bridgehead atoms. The number of carbonyl (C=O) groups is 1. The summed E-state index contributed by atoms with van der Waals surface area (Å²) in [6, 6.07) is 2.32. The van der Waals surface area contributed by atoms with Gasteiger partial charge < -0.3 is 11.1 Å². The van der Waals surface area contributed by atoms with Gasteiger partial charge in [0, 0.05) is 5.02 Å². The third kappa shape index (κ3) is 4.40. The van der Waals surface area contributed by atoms with Crippen LogP contribution in [0.3, 0.4) is 0 Å². The molecule has 19 heavy (non-hydrogen) atoms. The highest BCUT2D eigenvalue weighted by Gasteiger charge is 2.34. The highest BCUT2D eigenvalue weighted by molar-refractivity contribution is 6.30. The first kappa shape index (κ1) is 15.8. The summed E-state index contributed by atoms with van der Waals surface area (Å²) in [6.07, 6.45) is -3.52. The van der Waals surface area contributed by atoms with E-state index in [0.29, 0.717) is 12.8 Å². The van der Waals surface area contributed by atoms with Gasteiger partial charge in [-0.2, -0.15) is 13.2 Å². The summed E-state index contributed by atoms with van der Waals surface area (Å²) >= 11 is 5.53. The van der Waals surface area contributed by atoms with E-state index in [-0.39, 0.29) is 10.7 Å². The average molecular weight is 295 g/mol. The molecule has 3 nitrogen and oxygen atoms in total. The molecule has 0 aromatic heterocycles. The molecular weight excluding hydrogens is 281 g/mol. The van der Waals surface area contributed by atoms with E-state index < -0.39 is 23.7 Å². The second kappa shape index (κ2) is 6.25. The van der Waals surface area contributed by atoms with Gasteiger partial charge in [-0.15, -0.1) is 0 Å². The number of halogens is 4. The van der Waals surface area contributed by atoms with Gasteiger partial charge in [-0.3, -0.25) is 4.79 Å². The average Bonchev–Trinajstić information content (AvgIpc) is 2.30. The number of hydrogen-bond acceptors (Lipinski definition) is 2. The van der Waals surface area contributed by atoms with Gasteiger partial charge in [0.2, 0.25) is 5.91 Å². The monoisotopic (exact) mass is 294 g/mol. The molecule has 1 amide bonds. The third-order valence-corrected chi connectivity index (χ3v) is 2.72. The Morgan fingerprint density at radius 1 is 1.47 bits per heavy atom. The lowest BCUT2D eigenvalue weighted by Crippen LogP contribution is -2.35. The zero-order valence-electron chi connectivity index (χ0n) is 10.2. The molecule has 0 aliphatic carbocycles. The number of benzene rings is 1. The van der Waals surface area contributed by atoms with Gasteiger partial charge in [0.25, 0.3) is 0 Å². The Hall–Kier alpha value is -1.27. The first-order valence-corrected chi connectivity index (χ1v) is 6.06. The van der Waals surface area contributed by atoms with Crippen LogP contribution in [0.15, 0.2) is 18.2 Å². The smallest absolute Gasteiger partial charge is 0.324 e. The molecule has 1 aromatic rings. The van der Waals surface area contributed by atoms with Crippen molar-refractivity contribution in [2.45, 2.75) is 32.0 Å². The van der Waals surface area contributed by atoms with Crippen LogP contribution in [-0.4, -0.2) is 11.9 Å². The van der Waals surface area contributed by atoms with Crippen LogP contribution in [0.4, 0.5) is 18.9 Å². The number of hydrogen-bond donors (Lipinski definition) is 2. The van der Waals surface area contributed by atoms with Crippen molar-refractivity contribution >= 4 is 23.2 Å². The maximum absolute atomic E-state index is 12.8. The van der Waals surface area contributed by atoms with Crippen LogP contribution in [0.1, 0.15) is 25.3 Å². The van der Waals surface area contributed by atoms with Crippen molar-refractivity contribution in [1.29, 1.82) is 0 Å². The second-order valence-corrected chi connectivity index (χ2v) is 4.51. The normalized spacial score (nSPS) is 13.2. The van der Waals surface area contributed by atoms with Crippen molar-refractivity contribution in [2.24, 2.45) is 5.73 Å². The summed E-state index contributed by atoms with van der Waals surface area (Å²) in [5, 5.41) is 2.13. The van der Waals surface area contributed by atoms with Crippen molar-refractivity contribution in [3.05, 3.63) is 28.8 Å². The molecule has 0 fully saturated rings. The van der Waals surface area contributed by atoms with Gasteiger partial charge in [-0.25, -0.2) is 0 Å². The minimum absolute atomic E-state index is 0.0526. The van der Waals surface area contributed by atoms with Crippen LogP contribution in [-0.2, 0) is 11.0 Å². The van der Waals surface area contributed by atoms with Crippen LogP contribution >= 0.6 is 11.6 Å². The lowest BCUT2D eigenvalue weighted by molar-refractivity contribution is -0.137. The predicted molar refractivity (Wildman–Crippen MR) is 68.0 cm³/mol. The van der Waals surface area contributed by atoms with Crippen molar-refractivity contribution in [3.8, 4) is 0 Å². The first-order chi connectivity index (χ1) is 8.75. The fourth-order valence-electron chi connectivity index (χ4n) is 1.53. The Labute approximate surface area is 113 Å². The van der Waals surface area contributed by atoms with Gasteiger partial charge in [0.15, 0.2) is 0 Å². The van der Waals surface area contributed by atoms with Crippen molar-refractivity contribution in [2.75, 3.05) is 5.32 Å². The van der Waals surface area contributed by atoms with E-state index in [1.165, 1.54) is 6.07 Å². The zero-order valence-corrected chi connectivity index (χ0v) is 11.0. The van der Waals surface area contributed by atoms with Crippen LogP contribution in [0.25, 0.3) is 0 Å². The van der Waals surface area contributed by atoms with E-state index in [1.54, 1.807) is 0 Å². The van der Waals surface area contributed by atoms with Crippen molar-refractivity contribution in [3.63, 3.8) is 0 Å². The summed E-state index contributed by atoms with van der Waals surface area (Å²) in [5.41, 5.74) is 4.22. The Kier molecular flexibility index (Phi) is 5.20. The first-order valence-electron chi connectivity index (χ1n) is 5.69. The highest BCUT2D eigenvalue weighted by atomic mass is 35.5. The Morgan fingerprint density at radius 3 is 2.63 bits per heavy atom. The molecule has 0 aliphatic rings. The van der Waals surface area contributed by atoms with E-state index in [1.807, 2.05) is 6.92 Å². The second-order valence-electron chi connectivity index (χ2n) is 4.07. The molecule has 0 unspecified atom stereocenters. The minimum Gasteiger partial charge on any atom is -0.324 e. The van der Waals surface area contributed by atoms with Gasteiger partial charge in [-0.1, -0.05) is 24.9 Å². The van der Waals surface area contributed by atoms with Gasteiger partial charge in [-0.05, 0) is 24.6 Å². The number of nitrogens with two attached hydrogens (primary N) is 1. The molecule has 0 saturated heterocycles. The maximum Gasteiger partial charge on any atom is 0.418 e. The Balaban J connectivity index is 2.98. The number of rotatable bonds is 4. The lowest BCUT2D eigenvalue weighted by Gasteiger charge is -2.16. The molecule has 7 heteroatoms. The third-order valence-electron chi connectivity index (χ3n) is 2.48. The zero-order chi connectivity index (χ0) is 14.6. The Bertz CT molecular complexity index is 463. The number of amides is 1. The molecule has 3 N–H and O–H groups in total. The van der Waals surface area contributed by atoms with Crippen LogP contribution in [0.2, 0.25) is 5.02 Å². The molecule has 0 aliphatic heterocycles. The summed E-state index contributed by atoms with van der Waals surface area (Å²) in [6.45, 7) is 1.83. The molecule has 1 rings (SSSR count). The van der Waals surface area contributed by atoms with E-state index in [4.69, 9.17) is 17.3 Å². The number of alkyl halides is 3. The molecule has 106 valence electrons. The van der Waals surface area contributed by atoms with E-state index in [0.717, 1.165) is 12.1 Å². The van der Waals surface area contributed by atoms with Crippen molar-refractivity contribution in [1.82, 2.24) is 0 Å². The lowest BCUT2D eigenvalue weighted by atomic mass is 10.1. The summed E-state index contributed by atoms with van der Waals surface area (Å²) in [7, 11) is 0. The van der Waals surface area contributed by atoms with E-state index in [2.05, 4.69) is 5.32 Å². The van der Waals surface area contributed by atoms with Crippen molar-refractivity contribution < 1.29 is 18.0 Å². The summed E-state index contributed by atoms with van der Waals surface area (Å²) in [5.74, 6) is -0.644. The van der Waals surface area contributed by atoms with E-state index >= 15 is 0 Å². The van der Waals surface area contributed by atoms with Crippen LogP contribution in [0.5, 0.6) is 0 Å². The number of nitrogens with one attached hydrogen (secondary N) is 1. The van der Waals surface area contributed by atoms with Gasteiger partial charge in [0.05, 0.1) is 17.3 Å². The van der Waals surface area contributed by atoms with Crippen LogP contribution < -0.4 is 11.1 Å². The molecule has 0 spiro atoms. The summed E-state index contributed by atoms with van der Waals surface area (Å²) in [4.78, 5) is 11.6. The highest BCUT2D eigenvalue weighted by Crippen LogP contribution is 2.36. The largest absolute Gasteiger partial charge is 0.418 e. The fourth-order valence-corrected chi connectivity index (χ4v) is 1.70. The molecule has 0 saturated carbocycles. The van der Waals surface area contributed by atoms with Gasteiger partial charge >= 0.3 is 6.18 Å². The molecule has 0 radical (unpaired) electrons. The fraction of sp³-hybridized carbons (Fsp3) is 0.417. The standard InChI is InChI=1S/C12H14ClF3N2O/c1-2-3-9(17)11(19)18-10-5-4-7(13)6-8(10)12(14,15)16/h4-6,9H,2-3,17H2,1H3,(H,18,19)/t9-/m0/s1. The minimum atomic E-state index is -4.59.